The Morgan fingerprint density at radius 1 is 1.09 bits per heavy atom. The average Bonchev–Trinajstić information content (AvgIpc) is 2.49. The molecule has 0 amide bonds. The number of alkyl halides is 3. The number of halogens is 4. The Balaban J connectivity index is 2.16. The van der Waals surface area contributed by atoms with Gasteiger partial charge in [-0.05, 0) is 24.3 Å². The van der Waals surface area contributed by atoms with Crippen LogP contribution in [0.2, 0.25) is 0 Å². The van der Waals surface area contributed by atoms with Crippen LogP contribution in [0.1, 0.15) is 11.1 Å². The average molecular weight is 314 g/mol. The van der Waals surface area contributed by atoms with E-state index in [9.17, 15) is 17.6 Å². The van der Waals surface area contributed by atoms with Gasteiger partial charge in [0.25, 0.3) is 0 Å². The highest BCUT2D eigenvalue weighted by Crippen LogP contribution is 2.35. The summed E-state index contributed by atoms with van der Waals surface area (Å²) in [4.78, 5) is 0. The summed E-state index contributed by atoms with van der Waals surface area (Å²) in [5.74, 6) is -1.36. The molecule has 2 N–H and O–H groups in total. The van der Waals surface area contributed by atoms with Gasteiger partial charge in [0.1, 0.15) is 11.6 Å². The number of ether oxygens (including phenoxy) is 1. The number of benzene rings is 2. The van der Waals surface area contributed by atoms with Crippen molar-refractivity contribution in [2.24, 2.45) is 0 Å². The van der Waals surface area contributed by atoms with Crippen molar-refractivity contribution in [3.8, 4) is 5.75 Å². The number of anilines is 1. The zero-order valence-electron chi connectivity index (χ0n) is 11.7. The molecule has 2 rings (SSSR count). The zero-order valence-corrected chi connectivity index (χ0v) is 11.7. The molecule has 0 atom stereocenters. The van der Waals surface area contributed by atoms with E-state index >= 15 is 0 Å². The maximum Gasteiger partial charge on any atom is 0.419 e. The summed E-state index contributed by atoms with van der Waals surface area (Å²) in [7, 11) is 1.23. The molecule has 22 heavy (non-hydrogen) atoms. The minimum absolute atomic E-state index is 0.0507. The first-order valence-electron chi connectivity index (χ1n) is 6.39. The Kier molecular flexibility index (Phi) is 4.87. The monoisotopic (exact) mass is 314 g/mol. The summed E-state index contributed by atoms with van der Waals surface area (Å²) in [5.41, 5.74) is 4.68. The second-order valence-corrected chi connectivity index (χ2v) is 4.49. The molecule has 0 heterocycles. The first kappa shape index (κ1) is 16.1. The van der Waals surface area contributed by atoms with Crippen molar-refractivity contribution >= 4 is 5.69 Å². The van der Waals surface area contributed by atoms with E-state index in [1.54, 1.807) is 24.3 Å². The van der Waals surface area contributed by atoms with Crippen LogP contribution < -0.4 is 15.6 Å². The first-order chi connectivity index (χ1) is 10.4. The molecule has 7 heteroatoms. The molecule has 118 valence electrons. The highest BCUT2D eigenvalue weighted by molar-refractivity contribution is 5.42. The van der Waals surface area contributed by atoms with Gasteiger partial charge >= 0.3 is 6.18 Å². The molecule has 0 radical (unpaired) electrons. The minimum Gasteiger partial charge on any atom is -0.497 e. The van der Waals surface area contributed by atoms with Crippen molar-refractivity contribution in [2.75, 3.05) is 12.5 Å². The summed E-state index contributed by atoms with van der Waals surface area (Å²) in [6, 6.07) is 10.8. The largest absolute Gasteiger partial charge is 0.497 e. The molecule has 0 unspecified atom stereocenters. The lowest BCUT2D eigenvalue weighted by molar-refractivity contribution is -0.140. The fourth-order valence-electron chi connectivity index (χ4n) is 1.87. The molecule has 3 nitrogen and oxygen atoms in total. The Morgan fingerprint density at radius 3 is 2.36 bits per heavy atom. The molecule has 0 saturated carbocycles. The van der Waals surface area contributed by atoms with E-state index < -0.39 is 17.6 Å². The summed E-state index contributed by atoms with van der Waals surface area (Å²) >= 11 is 0. The molecule has 0 fully saturated rings. The van der Waals surface area contributed by atoms with Crippen LogP contribution in [0.25, 0.3) is 0 Å². The van der Waals surface area contributed by atoms with Gasteiger partial charge in [-0.1, -0.05) is 18.2 Å². The van der Waals surface area contributed by atoms with Crippen LogP contribution in [0.5, 0.6) is 5.75 Å². The molecular formula is C15H14F4N2O. The third-order valence-corrected chi connectivity index (χ3v) is 2.95. The van der Waals surface area contributed by atoms with E-state index in [1.165, 1.54) is 13.2 Å². The van der Waals surface area contributed by atoms with Crippen LogP contribution in [0.15, 0.2) is 42.5 Å². The molecule has 2 aromatic rings. The van der Waals surface area contributed by atoms with Crippen LogP contribution in [-0.2, 0) is 12.7 Å². The highest BCUT2D eigenvalue weighted by Gasteiger charge is 2.35. The predicted molar refractivity (Wildman–Crippen MR) is 74.9 cm³/mol. The molecule has 0 aromatic heterocycles. The van der Waals surface area contributed by atoms with Crippen LogP contribution in [0.4, 0.5) is 23.2 Å². The van der Waals surface area contributed by atoms with Gasteiger partial charge in [0.15, 0.2) is 0 Å². The van der Waals surface area contributed by atoms with Crippen LogP contribution >= 0.6 is 0 Å². The molecule has 0 saturated heterocycles. The third-order valence-electron chi connectivity index (χ3n) is 2.95. The van der Waals surface area contributed by atoms with Gasteiger partial charge in [-0.2, -0.15) is 13.2 Å². The molecule has 0 spiro atoms. The first-order valence-corrected chi connectivity index (χ1v) is 6.39. The summed E-state index contributed by atoms with van der Waals surface area (Å²) in [6.45, 7) is -0.138. The van der Waals surface area contributed by atoms with Gasteiger partial charge in [0.2, 0.25) is 0 Å². The van der Waals surface area contributed by atoms with E-state index in [4.69, 9.17) is 4.74 Å². The molecule has 0 bridgehead atoms. The van der Waals surface area contributed by atoms with Crippen LogP contribution in [0.3, 0.4) is 0 Å². The van der Waals surface area contributed by atoms with Crippen molar-refractivity contribution in [1.82, 2.24) is 5.43 Å². The van der Waals surface area contributed by atoms with Crippen molar-refractivity contribution in [1.29, 1.82) is 0 Å². The normalized spacial score (nSPS) is 11.3. The van der Waals surface area contributed by atoms with Crippen LogP contribution in [0, 0.1) is 5.82 Å². The number of hydrogen-bond acceptors (Lipinski definition) is 3. The molecule has 0 aliphatic carbocycles. The minimum atomic E-state index is -4.78. The fraction of sp³-hybridized carbons (Fsp3) is 0.200. The zero-order chi connectivity index (χ0) is 16.2. The second-order valence-electron chi connectivity index (χ2n) is 4.49. The topological polar surface area (TPSA) is 33.3 Å². The highest BCUT2D eigenvalue weighted by atomic mass is 19.4. The van der Waals surface area contributed by atoms with Crippen molar-refractivity contribution in [3.63, 3.8) is 0 Å². The van der Waals surface area contributed by atoms with Gasteiger partial charge in [-0.3, -0.25) is 0 Å². The summed E-state index contributed by atoms with van der Waals surface area (Å²) < 4.78 is 57.2. The number of hydrogen-bond donors (Lipinski definition) is 2. The van der Waals surface area contributed by atoms with E-state index in [1.807, 2.05) is 6.07 Å². The Morgan fingerprint density at radius 2 is 1.77 bits per heavy atom. The van der Waals surface area contributed by atoms with Gasteiger partial charge < -0.3 is 10.2 Å². The van der Waals surface area contributed by atoms with Crippen molar-refractivity contribution < 1.29 is 22.3 Å². The quantitative estimate of drug-likeness (QED) is 0.647. The molecule has 2 aromatic carbocycles. The SMILES string of the molecule is COc1cc(CNNc2ccccc2)c(F)c(C(F)(F)F)c1. The molecule has 0 aliphatic rings. The maximum absolute atomic E-state index is 14.0. The lowest BCUT2D eigenvalue weighted by atomic mass is 10.1. The van der Waals surface area contributed by atoms with Gasteiger partial charge in [0, 0.05) is 17.8 Å². The third kappa shape index (κ3) is 3.88. The van der Waals surface area contributed by atoms with Gasteiger partial charge in [-0.25, -0.2) is 9.82 Å². The van der Waals surface area contributed by atoms with Gasteiger partial charge in [0.05, 0.1) is 12.7 Å². The predicted octanol–water partition coefficient (Wildman–Crippen LogP) is 3.97. The maximum atomic E-state index is 14.0. The lowest BCUT2D eigenvalue weighted by Crippen LogP contribution is -2.22. The van der Waals surface area contributed by atoms with E-state index in [0.717, 1.165) is 0 Å². The Bertz CT molecular complexity index is 629. The number of para-hydroxylation sites is 1. The summed E-state index contributed by atoms with van der Waals surface area (Å²) in [6.07, 6.45) is -4.78. The van der Waals surface area contributed by atoms with Gasteiger partial charge in [-0.15, -0.1) is 0 Å². The fourth-order valence-corrected chi connectivity index (χ4v) is 1.87. The number of nitrogens with one attached hydrogen (secondary N) is 2. The Labute approximate surface area is 124 Å². The van der Waals surface area contributed by atoms with Crippen molar-refractivity contribution in [3.05, 3.63) is 59.4 Å². The van der Waals surface area contributed by atoms with E-state index in [2.05, 4.69) is 10.9 Å². The van der Waals surface area contributed by atoms with E-state index in [-0.39, 0.29) is 17.9 Å². The smallest absolute Gasteiger partial charge is 0.419 e. The molecule has 0 aliphatic heterocycles. The summed E-state index contributed by atoms with van der Waals surface area (Å²) in [5, 5.41) is 0. The van der Waals surface area contributed by atoms with E-state index in [0.29, 0.717) is 11.8 Å². The number of hydrazine groups is 1. The van der Waals surface area contributed by atoms with Crippen LogP contribution in [-0.4, -0.2) is 7.11 Å². The standard InChI is InChI=1S/C15H14F4N2O/c1-22-12-7-10(14(16)13(8-12)15(17,18)19)9-20-21-11-5-3-2-4-6-11/h2-8,20-21H,9H2,1H3. The molecular weight excluding hydrogens is 300 g/mol. The number of methoxy groups -OCH3 is 1. The van der Waals surface area contributed by atoms with Crippen molar-refractivity contribution in [2.45, 2.75) is 12.7 Å². The Hall–Kier alpha value is -2.28. The number of rotatable bonds is 5. The second kappa shape index (κ2) is 6.65. The lowest BCUT2D eigenvalue weighted by Gasteiger charge is -2.15.